The number of hydrogen-bond acceptors (Lipinski definition) is 6. The second-order valence-electron chi connectivity index (χ2n) is 11.4. The summed E-state index contributed by atoms with van der Waals surface area (Å²) < 4.78 is 16.6. The molecule has 1 saturated heterocycles. The van der Waals surface area contributed by atoms with Gasteiger partial charge in [0.2, 0.25) is 0 Å². The van der Waals surface area contributed by atoms with Crippen LogP contribution in [-0.4, -0.2) is 57.0 Å². The summed E-state index contributed by atoms with van der Waals surface area (Å²) in [7, 11) is -1.05. The summed E-state index contributed by atoms with van der Waals surface area (Å²) in [6.45, 7) is 7.50. The molecule has 7 nitrogen and oxygen atoms in total. The number of Topliss-reactive ketones (excluding diaryl/α,β-unsaturated/α-hetero) is 1. The van der Waals surface area contributed by atoms with Gasteiger partial charge in [0, 0.05) is 25.7 Å². The van der Waals surface area contributed by atoms with Crippen molar-refractivity contribution in [2.75, 3.05) is 20.3 Å². The molecule has 1 aliphatic rings. The fourth-order valence-electron chi connectivity index (χ4n) is 5.93. The number of esters is 1. The Hall–Kier alpha value is -2.81. The van der Waals surface area contributed by atoms with Crippen LogP contribution >= 0.6 is 0 Å². The molecule has 3 rings (SSSR count). The van der Waals surface area contributed by atoms with Crippen molar-refractivity contribution in [1.29, 1.82) is 0 Å². The Morgan fingerprint density at radius 1 is 0.923 bits per heavy atom. The second kappa shape index (κ2) is 13.5. The molecule has 0 bridgehead atoms. The fraction of sp³-hybridized carbons (Fsp3) is 0.516. The first kappa shape index (κ1) is 30.7. The average molecular weight is 555 g/mol. The van der Waals surface area contributed by atoms with E-state index in [1.165, 1.54) is 17.5 Å². The second-order valence-corrected chi connectivity index (χ2v) is 16.4. The van der Waals surface area contributed by atoms with Gasteiger partial charge in [-0.2, -0.15) is 0 Å². The molecule has 8 heteroatoms. The van der Waals surface area contributed by atoms with Crippen LogP contribution in [0.15, 0.2) is 60.7 Å². The first-order chi connectivity index (χ1) is 18.5. The van der Waals surface area contributed by atoms with Gasteiger partial charge in [-0.3, -0.25) is 14.4 Å². The van der Waals surface area contributed by atoms with E-state index in [4.69, 9.17) is 19.3 Å². The van der Waals surface area contributed by atoms with Crippen LogP contribution in [0.5, 0.6) is 0 Å². The maximum absolute atomic E-state index is 13.4. The molecule has 2 aromatic carbocycles. The number of carbonyl (C=O) groups is 3. The standard InChI is InChI=1S/C31H42O7Si/c1-30(2,3)39(26-11-7-5-8-12-26,27-13-9-6-10-14-27)22-18-25(32)16-15-24(29(35)36-4)23-31(19-17-28(33)34)37-20-21-38-31/h5-14,24H,15-23H2,1-4H3,(H,33,34). The fourth-order valence-corrected chi connectivity index (χ4v) is 11.5. The minimum Gasteiger partial charge on any atom is -0.481 e. The van der Waals surface area contributed by atoms with E-state index in [0.29, 0.717) is 26.1 Å². The lowest BCUT2D eigenvalue weighted by atomic mass is 9.91. The van der Waals surface area contributed by atoms with Gasteiger partial charge in [0.05, 0.1) is 32.7 Å². The summed E-state index contributed by atoms with van der Waals surface area (Å²) >= 11 is 0. The van der Waals surface area contributed by atoms with Crippen LogP contribution in [0.25, 0.3) is 0 Å². The molecule has 1 atom stereocenters. The molecule has 1 N–H and O–H groups in total. The lowest BCUT2D eigenvalue weighted by Crippen LogP contribution is -2.64. The van der Waals surface area contributed by atoms with Gasteiger partial charge in [0.15, 0.2) is 5.79 Å². The Labute approximate surface area is 232 Å². The van der Waals surface area contributed by atoms with Crippen molar-refractivity contribution in [3.8, 4) is 0 Å². The molecule has 212 valence electrons. The van der Waals surface area contributed by atoms with Crippen molar-refractivity contribution < 1.29 is 33.7 Å². The van der Waals surface area contributed by atoms with Gasteiger partial charge in [-0.25, -0.2) is 0 Å². The Morgan fingerprint density at radius 3 is 1.92 bits per heavy atom. The summed E-state index contributed by atoms with van der Waals surface area (Å²) in [4.78, 5) is 37.2. The van der Waals surface area contributed by atoms with Gasteiger partial charge in [-0.15, -0.1) is 0 Å². The van der Waals surface area contributed by atoms with Crippen LogP contribution in [0.1, 0.15) is 59.3 Å². The third kappa shape index (κ3) is 7.65. The van der Waals surface area contributed by atoms with E-state index in [9.17, 15) is 14.4 Å². The highest BCUT2D eigenvalue weighted by Crippen LogP contribution is 2.40. The highest BCUT2D eigenvalue weighted by molar-refractivity contribution is 7.04. The molecule has 1 heterocycles. The van der Waals surface area contributed by atoms with E-state index in [0.717, 1.165) is 6.04 Å². The number of benzene rings is 2. The van der Waals surface area contributed by atoms with E-state index in [1.54, 1.807) is 0 Å². The van der Waals surface area contributed by atoms with Crippen molar-refractivity contribution in [3.63, 3.8) is 0 Å². The van der Waals surface area contributed by atoms with Gasteiger partial charge in [-0.05, 0) is 17.5 Å². The number of hydrogen-bond donors (Lipinski definition) is 1. The molecule has 0 radical (unpaired) electrons. The third-order valence-corrected chi connectivity index (χ3v) is 14.2. The Morgan fingerprint density at radius 2 is 1.46 bits per heavy atom. The normalized spacial score (nSPS) is 16.0. The highest BCUT2D eigenvalue weighted by atomic mass is 28.3. The number of ether oxygens (including phenoxy) is 3. The molecule has 0 saturated carbocycles. The Balaban J connectivity index is 1.76. The topological polar surface area (TPSA) is 99.1 Å². The number of methoxy groups -OCH3 is 1. The molecular formula is C31H42O7Si. The Bertz CT molecular complexity index is 1050. The van der Waals surface area contributed by atoms with Crippen molar-refractivity contribution in [3.05, 3.63) is 60.7 Å². The largest absolute Gasteiger partial charge is 0.481 e. The average Bonchev–Trinajstić information content (AvgIpc) is 3.39. The molecule has 0 aromatic heterocycles. The van der Waals surface area contributed by atoms with Crippen LogP contribution in [0, 0.1) is 5.92 Å². The smallest absolute Gasteiger partial charge is 0.308 e. The summed E-state index contributed by atoms with van der Waals surface area (Å²) in [6, 6.07) is 21.9. The molecular weight excluding hydrogens is 512 g/mol. The van der Waals surface area contributed by atoms with E-state index in [1.807, 2.05) is 12.1 Å². The zero-order valence-electron chi connectivity index (χ0n) is 23.6. The number of carboxylic acid groups (broad SMARTS) is 1. The minimum atomic E-state index is -2.37. The monoisotopic (exact) mass is 554 g/mol. The number of carbonyl (C=O) groups excluding carboxylic acids is 2. The van der Waals surface area contributed by atoms with Crippen LogP contribution < -0.4 is 10.4 Å². The van der Waals surface area contributed by atoms with Crippen LogP contribution in [-0.2, 0) is 28.6 Å². The van der Waals surface area contributed by atoms with Crippen LogP contribution in [0.3, 0.4) is 0 Å². The van der Waals surface area contributed by atoms with Crippen LogP contribution in [0.2, 0.25) is 11.1 Å². The van der Waals surface area contributed by atoms with Gasteiger partial charge in [0.25, 0.3) is 0 Å². The molecule has 39 heavy (non-hydrogen) atoms. The maximum atomic E-state index is 13.4. The number of ketones is 1. The summed E-state index contributed by atoms with van der Waals surface area (Å²) in [5.41, 5.74) is 0. The summed E-state index contributed by atoms with van der Waals surface area (Å²) in [5.74, 6) is -3.07. The molecule has 0 spiro atoms. The highest BCUT2D eigenvalue weighted by Gasteiger charge is 2.47. The van der Waals surface area contributed by atoms with Crippen LogP contribution in [0.4, 0.5) is 0 Å². The van der Waals surface area contributed by atoms with Crippen molar-refractivity contribution in [2.24, 2.45) is 5.92 Å². The molecule has 1 unspecified atom stereocenters. The summed E-state index contributed by atoms with van der Waals surface area (Å²) in [5, 5.41) is 11.7. The molecule has 0 aliphatic carbocycles. The molecule has 1 aliphatic heterocycles. The van der Waals surface area contributed by atoms with E-state index in [2.05, 4.69) is 69.3 Å². The molecule has 1 fully saturated rings. The Kier molecular flexibility index (Phi) is 10.6. The quantitative estimate of drug-likeness (QED) is 0.270. The van der Waals surface area contributed by atoms with E-state index < -0.39 is 31.7 Å². The maximum Gasteiger partial charge on any atom is 0.308 e. The number of rotatable bonds is 14. The first-order valence-corrected chi connectivity index (χ1v) is 15.9. The predicted molar refractivity (Wildman–Crippen MR) is 153 cm³/mol. The van der Waals surface area contributed by atoms with Gasteiger partial charge >= 0.3 is 11.9 Å². The predicted octanol–water partition coefficient (Wildman–Crippen LogP) is 4.58. The van der Waals surface area contributed by atoms with Gasteiger partial charge in [-0.1, -0.05) is 91.8 Å². The van der Waals surface area contributed by atoms with Gasteiger partial charge < -0.3 is 19.3 Å². The number of aliphatic carboxylic acids is 1. The SMILES string of the molecule is COC(=O)C(CCC(=O)CC[Si](c1ccccc1)(c1ccccc1)C(C)(C)C)CC1(CCC(=O)O)OCCO1. The lowest BCUT2D eigenvalue weighted by molar-refractivity contribution is -0.186. The van der Waals surface area contributed by atoms with Gasteiger partial charge in [0.1, 0.15) is 13.9 Å². The van der Waals surface area contributed by atoms with Crippen molar-refractivity contribution in [2.45, 2.75) is 76.2 Å². The third-order valence-electron chi connectivity index (χ3n) is 7.99. The molecule has 0 amide bonds. The van der Waals surface area contributed by atoms with Crippen molar-refractivity contribution in [1.82, 2.24) is 0 Å². The molecule has 2 aromatic rings. The zero-order valence-corrected chi connectivity index (χ0v) is 24.6. The zero-order chi connectivity index (χ0) is 28.5. The van der Waals surface area contributed by atoms with Crippen molar-refractivity contribution >= 4 is 36.2 Å². The lowest BCUT2D eigenvalue weighted by Gasteiger charge is -2.44. The van der Waals surface area contributed by atoms with E-state index >= 15 is 0 Å². The first-order valence-electron chi connectivity index (χ1n) is 13.7. The minimum absolute atomic E-state index is 0.0434. The summed E-state index contributed by atoms with van der Waals surface area (Å²) in [6.07, 6.45) is 1.11. The van der Waals surface area contributed by atoms with E-state index in [-0.39, 0.29) is 36.5 Å². The number of carboxylic acids is 1.